The van der Waals surface area contributed by atoms with Crippen LogP contribution in [0.4, 0.5) is 0 Å². The van der Waals surface area contributed by atoms with Crippen LogP contribution in [0.1, 0.15) is 42.9 Å². The number of thioether (sulfide) groups is 1. The second-order valence-corrected chi connectivity index (χ2v) is 8.59. The van der Waals surface area contributed by atoms with Crippen molar-refractivity contribution in [2.45, 2.75) is 36.7 Å². The van der Waals surface area contributed by atoms with Crippen LogP contribution in [0, 0.1) is 0 Å². The second kappa shape index (κ2) is 8.24. The third-order valence-corrected chi connectivity index (χ3v) is 6.43. The van der Waals surface area contributed by atoms with E-state index in [1.54, 1.807) is 0 Å². The molecule has 4 rings (SSSR count). The number of hydrogen-bond donors (Lipinski definition) is 0. The molecule has 2 nitrogen and oxygen atoms in total. The predicted octanol–water partition coefficient (Wildman–Crippen LogP) is 6.62. The molecule has 3 heteroatoms. The molecule has 0 spiro atoms. The number of oxime groups is 1. The summed E-state index contributed by atoms with van der Waals surface area (Å²) in [6.07, 6.45) is 0.776. The normalized spacial score (nSPS) is 18.8. The number of rotatable bonds is 6. The molecule has 28 heavy (non-hydrogen) atoms. The molecule has 1 heterocycles. The van der Waals surface area contributed by atoms with Crippen LogP contribution in [0.5, 0.6) is 0 Å². The van der Waals surface area contributed by atoms with Crippen LogP contribution in [0.3, 0.4) is 0 Å². The Hall–Kier alpha value is -2.52. The standard InChI is InChI=1S/C25H25NOS/c1-19(2)20-13-15-21(16-14-20)24-17-25(27-26-24,22-9-5-3-6-10-22)18-28-23-11-7-4-8-12-23/h3-16,19H,17-18H2,1-2H3/t25-/m1/s1. The quantitative estimate of drug-likeness (QED) is 0.443. The minimum absolute atomic E-state index is 0.437. The molecular weight excluding hydrogens is 362 g/mol. The van der Waals surface area contributed by atoms with Gasteiger partial charge in [0.15, 0.2) is 5.60 Å². The zero-order chi connectivity index (χ0) is 19.4. The zero-order valence-electron chi connectivity index (χ0n) is 16.3. The molecular formula is C25H25NOS. The highest BCUT2D eigenvalue weighted by atomic mass is 32.2. The summed E-state index contributed by atoms with van der Waals surface area (Å²) < 4.78 is 0. The van der Waals surface area contributed by atoms with Gasteiger partial charge in [-0.25, -0.2) is 0 Å². The maximum Gasteiger partial charge on any atom is 0.177 e. The van der Waals surface area contributed by atoms with E-state index >= 15 is 0 Å². The smallest absolute Gasteiger partial charge is 0.177 e. The first-order chi connectivity index (χ1) is 13.7. The van der Waals surface area contributed by atoms with Gasteiger partial charge in [0.25, 0.3) is 0 Å². The number of nitrogens with zero attached hydrogens (tertiary/aromatic N) is 1. The summed E-state index contributed by atoms with van der Waals surface area (Å²) in [5.41, 5.74) is 4.25. The van der Waals surface area contributed by atoms with Gasteiger partial charge < -0.3 is 4.84 Å². The van der Waals surface area contributed by atoms with E-state index in [9.17, 15) is 0 Å². The highest BCUT2D eigenvalue weighted by Crippen LogP contribution is 2.40. The van der Waals surface area contributed by atoms with Crippen molar-refractivity contribution >= 4 is 17.5 Å². The SMILES string of the molecule is CC(C)c1ccc(C2=NO[C@](CSc3ccccc3)(c3ccccc3)C2)cc1. The van der Waals surface area contributed by atoms with Gasteiger partial charge in [0, 0.05) is 17.1 Å². The van der Waals surface area contributed by atoms with Gasteiger partial charge in [0.05, 0.1) is 5.71 Å². The number of benzene rings is 3. The summed E-state index contributed by atoms with van der Waals surface area (Å²) in [7, 11) is 0. The lowest BCUT2D eigenvalue weighted by Crippen LogP contribution is -2.29. The molecule has 0 amide bonds. The molecule has 0 unspecified atom stereocenters. The number of hydrogen-bond acceptors (Lipinski definition) is 3. The van der Waals surface area contributed by atoms with Crippen LogP contribution in [-0.2, 0) is 10.4 Å². The predicted molar refractivity (Wildman–Crippen MR) is 118 cm³/mol. The molecule has 142 valence electrons. The van der Waals surface area contributed by atoms with Gasteiger partial charge in [-0.1, -0.05) is 91.8 Å². The largest absolute Gasteiger partial charge is 0.383 e. The Labute approximate surface area is 171 Å². The molecule has 3 aromatic rings. The Morgan fingerprint density at radius 2 is 1.54 bits per heavy atom. The van der Waals surface area contributed by atoms with Crippen molar-refractivity contribution in [1.82, 2.24) is 0 Å². The van der Waals surface area contributed by atoms with E-state index in [-0.39, 0.29) is 0 Å². The van der Waals surface area contributed by atoms with E-state index in [0.717, 1.165) is 23.4 Å². The van der Waals surface area contributed by atoms with Gasteiger partial charge in [0.2, 0.25) is 0 Å². The summed E-state index contributed by atoms with van der Waals surface area (Å²) >= 11 is 1.82. The Kier molecular flexibility index (Phi) is 5.54. The van der Waals surface area contributed by atoms with Crippen molar-refractivity contribution in [3.05, 3.63) is 102 Å². The summed E-state index contributed by atoms with van der Waals surface area (Å²) in [5, 5.41) is 4.53. The fourth-order valence-electron chi connectivity index (χ4n) is 3.47. The third-order valence-electron chi connectivity index (χ3n) is 5.21. The van der Waals surface area contributed by atoms with E-state index < -0.39 is 5.60 Å². The highest BCUT2D eigenvalue weighted by Gasteiger charge is 2.41. The molecule has 3 aromatic carbocycles. The van der Waals surface area contributed by atoms with Gasteiger partial charge in [0.1, 0.15) is 0 Å². The van der Waals surface area contributed by atoms with Crippen LogP contribution in [0.15, 0.2) is 95.0 Å². The fraction of sp³-hybridized carbons (Fsp3) is 0.240. The summed E-state index contributed by atoms with van der Waals surface area (Å²) in [4.78, 5) is 7.41. The van der Waals surface area contributed by atoms with Crippen LogP contribution in [0.2, 0.25) is 0 Å². The van der Waals surface area contributed by atoms with Gasteiger partial charge in [-0.15, -0.1) is 11.8 Å². The van der Waals surface area contributed by atoms with E-state index in [1.165, 1.54) is 16.0 Å². The Balaban J connectivity index is 1.58. The maximum atomic E-state index is 6.16. The molecule has 0 aliphatic carbocycles. The fourth-order valence-corrected chi connectivity index (χ4v) is 4.54. The van der Waals surface area contributed by atoms with Crippen LogP contribution in [-0.4, -0.2) is 11.5 Å². The molecule has 1 aliphatic rings. The van der Waals surface area contributed by atoms with E-state index in [1.807, 2.05) is 23.9 Å². The summed E-state index contributed by atoms with van der Waals surface area (Å²) in [6, 6.07) is 29.7. The maximum absolute atomic E-state index is 6.16. The third kappa shape index (κ3) is 4.00. The van der Waals surface area contributed by atoms with Crippen molar-refractivity contribution in [2.75, 3.05) is 5.75 Å². The van der Waals surface area contributed by atoms with Crippen molar-refractivity contribution in [2.24, 2.45) is 5.16 Å². The summed E-state index contributed by atoms with van der Waals surface area (Å²) in [6.45, 7) is 4.43. The molecule has 0 saturated carbocycles. The topological polar surface area (TPSA) is 21.6 Å². The molecule has 0 fully saturated rings. The van der Waals surface area contributed by atoms with Crippen molar-refractivity contribution in [3.8, 4) is 0 Å². The molecule has 0 bridgehead atoms. The van der Waals surface area contributed by atoms with Crippen molar-refractivity contribution in [3.63, 3.8) is 0 Å². The lowest BCUT2D eigenvalue weighted by molar-refractivity contribution is -0.00317. The van der Waals surface area contributed by atoms with Gasteiger partial charge in [-0.2, -0.15) is 0 Å². The van der Waals surface area contributed by atoms with E-state index in [0.29, 0.717) is 5.92 Å². The van der Waals surface area contributed by atoms with E-state index in [2.05, 4.69) is 91.8 Å². The molecule has 0 N–H and O–H groups in total. The molecule has 0 radical (unpaired) electrons. The Morgan fingerprint density at radius 1 is 0.893 bits per heavy atom. The lowest BCUT2D eigenvalue weighted by atomic mass is 9.88. The Morgan fingerprint density at radius 3 is 2.18 bits per heavy atom. The first-order valence-electron chi connectivity index (χ1n) is 9.75. The first kappa shape index (κ1) is 18.8. The van der Waals surface area contributed by atoms with E-state index in [4.69, 9.17) is 4.84 Å². The zero-order valence-corrected chi connectivity index (χ0v) is 17.2. The monoisotopic (exact) mass is 387 g/mol. The molecule has 1 atom stereocenters. The van der Waals surface area contributed by atoms with Crippen LogP contribution < -0.4 is 0 Å². The van der Waals surface area contributed by atoms with Gasteiger partial charge in [-0.05, 0) is 34.7 Å². The average Bonchev–Trinajstić information content (AvgIpc) is 3.19. The van der Waals surface area contributed by atoms with Crippen LogP contribution in [0.25, 0.3) is 0 Å². The lowest BCUT2D eigenvalue weighted by Gasteiger charge is -2.27. The minimum Gasteiger partial charge on any atom is -0.383 e. The average molecular weight is 388 g/mol. The minimum atomic E-state index is -0.437. The Bertz CT molecular complexity index is 935. The van der Waals surface area contributed by atoms with Crippen molar-refractivity contribution < 1.29 is 4.84 Å². The first-order valence-corrected chi connectivity index (χ1v) is 10.7. The van der Waals surface area contributed by atoms with Gasteiger partial charge >= 0.3 is 0 Å². The summed E-state index contributed by atoms with van der Waals surface area (Å²) in [5.74, 6) is 1.35. The van der Waals surface area contributed by atoms with Gasteiger partial charge in [-0.3, -0.25) is 0 Å². The molecule has 1 aliphatic heterocycles. The molecule has 0 saturated heterocycles. The molecule has 0 aromatic heterocycles. The van der Waals surface area contributed by atoms with Crippen LogP contribution >= 0.6 is 11.8 Å². The second-order valence-electron chi connectivity index (χ2n) is 7.54. The van der Waals surface area contributed by atoms with Crippen molar-refractivity contribution in [1.29, 1.82) is 0 Å². The highest BCUT2D eigenvalue weighted by molar-refractivity contribution is 7.99.